The number of carbonyl (C=O) groups excluding carboxylic acids is 1. The first-order valence-electron chi connectivity index (χ1n) is 14.6. The van der Waals surface area contributed by atoms with Crippen LogP contribution in [0.15, 0.2) is 48.5 Å². The highest BCUT2D eigenvalue weighted by Gasteiger charge is 2.22. The number of piperazine rings is 1. The van der Waals surface area contributed by atoms with Gasteiger partial charge in [-0.3, -0.25) is 14.9 Å². The van der Waals surface area contributed by atoms with Crippen LogP contribution in [-0.4, -0.2) is 97.5 Å². The molecular weight excluding hydrogens is 568 g/mol. The number of non-ortho nitro benzene ring substituents is 1. The molecule has 5 N–H and O–H groups in total. The number of nitro groups is 1. The lowest BCUT2D eigenvalue weighted by molar-refractivity contribution is -0.384. The number of nitro benzene ring substituents is 1. The Morgan fingerprint density at radius 1 is 0.909 bits per heavy atom. The summed E-state index contributed by atoms with van der Waals surface area (Å²) in [6.45, 7) is 9.42. The third-order valence-electron chi connectivity index (χ3n) is 6.60. The number of hydrogen-bond donors (Lipinski definition) is 4. The summed E-state index contributed by atoms with van der Waals surface area (Å²) in [7, 11) is 0. The van der Waals surface area contributed by atoms with Gasteiger partial charge in [0.2, 0.25) is 17.8 Å². The number of carbonyl (C=O) groups is 1. The fourth-order valence-corrected chi connectivity index (χ4v) is 4.41. The fraction of sp³-hybridized carbons (Fsp3) is 0.448. The zero-order valence-corrected chi connectivity index (χ0v) is 25.1. The number of amides is 1. The number of nitrogens with one attached hydrogen (secondary N) is 3. The van der Waals surface area contributed by atoms with Crippen molar-refractivity contribution in [2.24, 2.45) is 5.73 Å². The first-order valence-corrected chi connectivity index (χ1v) is 14.6. The van der Waals surface area contributed by atoms with Gasteiger partial charge in [-0.05, 0) is 50.2 Å². The lowest BCUT2D eigenvalue weighted by Gasteiger charge is -2.36. The minimum absolute atomic E-state index is 0.0721. The van der Waals surface area contributed by atoms with Crippen LogP contribution >= 0.6 is 0 Å². The van der Waals surface area contributed by atoms with E-state index in [9.17, 15) is 14.9 Å². The average molecular weight is 609 g/mol. The van der Waals surface area contributed by atoms with Crippen molar-refractivity contribution in [2.45, 2.75) is 19.9 Å². The second-order valence-electron chi connectivity index (χ2n) is 10.3. The molecule has 0 aliphatic carbocycles. The molecule has 44 heavy (non-hydrogen) atoms. The maximum absolute atomic E-state index is 12.5. The molecular formula is C29H40N10O5. The van der Waals surface area contributed by atoms with E-state index in [1.807, 2.05) is 13.8 Å². The minimum Gasteiger partial charge on any atom is -0.378 e. The molecule has 0 bridgehead atoms. The second kappa shape index (κ2) is 16.3. The standard InChI is InChI=1S/C29H40N10O5/c1-21(2)32-27-34-28(33-23-5-3-22(4-6-23)26(40)31-12-18-44-20-19-43-17-11-30)36-29(35-27)38-15-13-37(14-16-38)24-7-9-25(10-8-24)39(41)42/h3-10,21H,11-20,30H2,1-2H3,(H,31,40)(H2,32,33,34,35,36). The van der Waals surface area contributed by atoms with Gasteiger partial charge in [-0.25, -0.2) is 0 Å². The smallest absolute Gasteiger partial charge is 0.269 e. The van der Waals surface area contributed by atoms with E-state index in [1.54, 1.807) is 36.4 Å². The van der Waals surface area contributed by atoms with Crippen LogP contribution < -0.4 is 31.5 Å². The zero-order chi connectivity index (χ0) is 31.3. The molecule has 0 unspecified atom stereocenters. The molecule has 1 aromatic heterocycles. The minimum atomic E-state index is -0.398. The molecule has 1 amide bonds. The molecule has 1 aliphatic heterocycles. The topological polar surface area (TPSA) is 186 Å². The SMILES string of the molecule is CC(C)Nc1nc(Nc2ccc(C(=O)NCCOCCOCCN)cc2)nc(N2CCN(c3ccc([N+](=O)[O-])cc3)CC2)n1. The first-order chi connectivity index (χ1) is 21.3. The third kappa shape index (κ3) is 9.72. The lowest BCUT2D eigenvalue weighted by Crippen LogP contribution is -2.47. The Balaban J connectivity index is 1.33. The van der Waals surface area contributed by atoms with Crippen molar-refractivity contribution in [1.29, 1.82) is 0 Å². The van der Waals surface area contributed by atoms with E-state index in [2.05, 4.69) is 40.7 Å². The molecule has 1 fully saturated rings. The van der Waals surface area contributed by atoms with Crippen LogP contribution in [-0.2, 0) is 9.47 Å². The monoisotopic (exact) mass is 608 g/mol. The molecule has 0 radical (unpaired) electrons. The number of anilines is 5. The number of aromatic nitrogens is 3. The lowest BCUT2D eigenvalue weighted by atomic mass is 10.2. The van der Waals surface area contributed by atoms with Crippen LogP contribution in [0.1, 0.15) is 24.2 Å². The molecule has 0 saturated carbocycles. The van der Waals surface area contributed by atoms with Gasteiger partial charge in [-0.1, -0.05) is 0 Å². The normalized spacial score (nSPS) is 13.2. The first kappa shape index (κ1) is 32.3. The van der Waals surface area contributed by atoms with E-state index >= 15 is 0 Å². The molecule has 3 aromatic rings. The van der Waals surface area contributed by atoms with Crippen molar-refractivity contribution in [3.8, 4) is 0 Å². The van der Waals surface area contributed by atoms with Gasteiger partial charge in [-0.15, -0.1) is 0 Å². The Hall–Kier alpha value is -4.60. The quantitative estimate of drug-likeness (QED) is 0.106. The molecule has 1 saturated heterocycles. The van der Waals surface area contributed by atoms with Gasteiger partial charge >= 0.3 is 0 Å². The van der Waals surface area contributed by atoms with Crippen molar-refractivity contribution in [3.05, 3.63) is 64.2 Å². The summed E-state index contributed by atoms with van der Waals surface area (Å²) in [6, 6.07) is 13.8. The van der Waals surface area contributed by atoms with Gasteiger partial charge in [0.25, 0.3) is 11.6 Å². The van der Waals surface area contributed by atoms with E-state index in [4.69, 9.17) is 15.2 Å². The Labute approximate surface area is 256 Å². The van der Waals surface area contributed by atoms with Gasteiger partial charge in [0.1, 0.15) is 0 Å². The fourth-order valence-electron chi connectivity index (χ4n) is 4.41. The van der Waals surface area contributed by atoms with Gasteiger partial charge in [-0.2, -0.15) is 15.0 Å². The molecule has 2 heterocycles. The van der Waals surface area contributed by atoms with Crippen molar-refractivity contribution in [2.75, 3.05) is 86.1 Å². The number of ether oxygens (including phenoxy) is 2. The molecule has 0 atom stereocenters. The largest absolute Gasteiger partial charge is 0.378 e. The van der Waals surface area contributed by atoms with Crippen LogP contribution in [0.5, 0.6) is 0 Å². The Kier molecular flexibility index (Phi) is 12.0. The molecule has 236 valence electrons. The maximum Gasteiger partial charge on any atom is 0.269 e. The van der Waals surface area contributed by atoms with E-state index in [0.717, 1.165) is 11.4 Å². The van der Waals surface area contributed by atoms with Crippen molar-refractivity contribution in [1.82, 2.24) is 20.3 Å². The highest BCUT2D eigenvalue weighted by molar-refractivity contribution is 5.94. The summed E-state index contributed by atoms with van der Waals surface area (Å²) >= 11 is 0. The van der Waals surface area contributed by atoms with Gasteiger partial charge in [0.15, 0.2) is 0 Å². The predicted octanol–water partition coefficient (Wildman–Crippen LogP) is 2.39. The molecule has 15 nitrogen and oxygen atoms in total. The van der Waals surface area contributed by atoms with Gasteiger partial charge in [0.05, 0.1) is 31.4 Å². The van der Waals surface area contributed by atoms with E-state index in [-0.39, 0.29) is 17.6 Å². The summed E-state index contributed by atoms with van der Waals surface area (Å²) in [5.74, 6) is 1.17. The molecule has 15 heteroatoms. The molecule has 4 rings (SSSR count). The van der Waals surface area contributed by atoms with Gasteiger partial charge < -0.3 is 41.0 Å². The van der Waals surface area contributed by atoms with Crippen LogP contribution in [0.2, 0.25) is 0 Å². The zero-order valence-electron chi connectivity index (χ0n) is 25.1. The molecule has 0 spiro atoms. The summed E-state index contributed by atoms with van der Waals surface area (Å²) in [6.07, 6.45) is 0. The summed E-state index contributed by atoms with van der Waals surface area (Å²) < 4.78 is 10.7. The Morgan fingerprint density at radius 2 is 1.55 bits per heavy atom. The summed E-state index contributed by atoms with van der Waals surface area (Å²) in [5, 5.41) is 20.3. The van der Waals surface area contributed by atoms with Crippen LogP contribution in [0.25, 0.3) is 0 Å². The third-order valence-corrected chi connectivity index (χ3v) is 6.60. The van der Waals surface area contributed by atoms with Crippen molar-refractivity contribution >= 4 is 40.8 Å². The second-order valence-corrected chi connectivity index (χ2v) is 10.3. The molecule has 2 aromatic carbocycles. The highest BCUT2D eigenvalue weighted by Crippen LogP contribution is 2.23. The highest BCUT2D eigenvalue weighted by atomic mass is 16.6. The van der Waals surface area contributed by atoms with E-state index in [0.29, 0.717) is 89.1 Å². The van der Waals surface area contributed by atoms with Gasteiger partial charge in [0, 0.05) is 74.4 Å². The van der Waals surface area contributed by atoms with Crippen LogP contribution in [0.3, 0.4) is 0 Å². The molecule has 1 aliphatic rings. The number of benzene rings is 2. The maximum atomic E-state index is 12.5. The number of nitrogens with two attached hydrogens (primary N) is 1. The summed E-state index contributed by atoms with van der Waals surface area (Å²) in [4.78, 5) is 41.2. The van der Waals surface area contributed by atoms with Crippen molar-refractivity contribution in [3.63, 3.8) is 0 Å². The van der Waals surface area contributed by atoms with Crippen LogP contribution in [0.4, 0.5) is 34.9 Å². The number of rotatable bonds is 16. The predicted molar refractivity (Wildman–Crippen MR) is 169 cm³/mol. The van der Waals surface area contributed by atoms with E-state index < -0.39 is 4.92 Å². The summed E-state index contributed by atoms with van der Waals surface area (Å²) in [5.41, 5.74) is 7.61. The van der Waals surface area contributed by atoms with Crippen molar-refractivity contribution < 1.29 is 19.2 Å². The van der Waals surface area contributed by atoms with Crippen LogP contribution in [0, 0.1) is 10.1 Å². The Morgan fingerprint density at radius 3 is 2.18 bits per heavy atom. The number of nitrogens with zero attached hydrogens (tertiary/aromatic N) is 6. The number of hydrogen-bond acceptors (Lipinski definition) is 13. The van der Waals surface area contributed by atoms with E-state index in [1.165, 1.54) is 12.1 Å². The average Bonchev–Trinajstić information content (AvgIpc) is 3.02. The Bertz CT molecular complexity index is 1350.